The lowest BCUT2D eigenvalue weighted by Crippen LogP contribution is -2.44. The number of hydrogen-bond donors (Lipinski definition) is 4. The van der Waals surface area contributed by atoms with Gasteiger partial charge >= 0.3 is 19.7 Å². The molecule has 6 atom stereocenters. The van der Waals surface area contributed by atoms with E-state index in [2.05, 4.69) is 20.0 Å². The van der Waals surface area contributed by atoms with Gasteiger partial charge in [-0.2, -0.15) is 9.97 Å². The second-order valence-corrected chi connectivity index (χ2v) is 12.9. The molecule has 1 fully saturated rings. The van der Waals surface area contributed by atoms with E-state index in [1.807, 2.05) is 19.9 Å². The van der Waals surface area contributed by atoms with Gasteiger partial charge in [0.25, 0.3) is 0 Å². The van der Waals surface area contributed by atoms with Crippen LogP contribution in [0.3, 0.4) is 0 Å². The third-order valence-electron chi connectivity index (χ3n) is 7.12. The summed E-state index contributed by atoms with van der Waals surface area (Å²) in [7, 11) is -1.95. The molecule has 18 heteroatoms. The van der Waals surface area contributed by atoms with Crippen LogP contribution in [0.2, 0.25) is 0 Å². The maximum Gasteiger partial charge on any atom is 0.406 e. The number of nitrogen functional groups attached to an aromatic ring is 1. The molecular weight excluding hydrogens is 627 g/mol. The highest BCUT2D eigenvalue weighted by Gasteiger charge is 2.54. The Balaban J connectivity index is 1.52. The lowest BCUT2D eigenvalue weighted by atomic mass is 9.96. The van der Waals surface area contributed by atoms with E-state index in [0.29, 0.717) is 0 Å². The number of ether oxygens (including phenoxy) is 4. The normalized spacial score (nSPS) is 23.3. The molecule has 0 saturated carbocycles. The summed E-state index contributed by atoms with van der Waals surface area (Å²) < 4.78 is 47.6. The van der Waals surface area contributed by atoms with E-state index < -0.39 is 63.0 Å². The van der Waals surface area contributed by atoms with Gasteiger partial charge in [-0.05, 0) is 24.8 Å². The number of nitrogens with zero attached hydrogens (tertiary/aromatic N) is 4. The van der Waals surface area contributed by atoms with Crippen LogP contribution in [0, 0.1) is 5.92 Å². The highest BCUT2D eigenvalue weighted by molar-refractivity contribution is 7.51. The number of methoxy groups -OCH3 is 2. The first-order valence-corrected chi connectivity index (χ1v) is 15.9. The van der Waals surface area contributed by atoms with Crippen LogP contribution in [0.1, 0.15) is 39.0 Å². The van der Waals surface area contributed by atoms with Crippen molar-refractivity contribution in [3.05, 3.63) is 42.2 Å². The van der Waals surface area contributed by atoms with Crippen molar-refractivity contribution in [3.8, 4) is 5.88 Å². The molecule has 1 aromatic carbocycles. The lowest BCUT2D eigenvalue weighted by molar-refractivity contribution is -0.147. The molecule has 17 nitrogen and oxygen atoms in total. The predicted octanol–water partition coefficient (Wildman–Crippen LogP) is 1.49. The first-order valence-electron chi connectivity index (χ1n) is 14.3. The van der Waals surface area contributed by atoms with Crippen molar-refractivity contribution in [2.24, 2.45) is 5.92 Å². The minimum Gasteiger partial charge on any atom is -0.479 e. The number of carbonyl (C=O) groups is 2. The standard InChI is InChI=1S/C28H39N6O11P/c1-16(2)11-18(25(37)41-5)33-46(39,44-14-20(35)42-12-17-9-7-6-8-10-17)43-13-19-22(36)28(3,38)26(45-19)34-15-30-21-23(34)31-27(29)32-24(21)40-4/h6-10,15-16,18-19,22,26,36,38H,11-14H2,1-5H3,(H,33,39)(H2,29,31,32)/t18-,19+,22+,26+,28+,46?/m0/s1. The summed E-state index contributed by atoms with van der Waals surface area (Å²) >= 11 is 0. The quantitative estimate of drug-likeness (QED) is 0.133. The Morgan fingerprint density at radius 1 is 1.20 bits per heavy atom. The Hall–Kier alpha value is -3.70. The lowest BCUT2D eigenvalue weighted by Gasteiger charge is -2.27. The van der Waals surface area contributed by atoms with Crippen LogP contribution in [-0.4, -0.2) is 93.0 Å². The third-order valence-corrected chi connectivity index (χ3v) is 8.70. The zero-order chi connectivity index (χ0) is 33.6. The molecule has 0 amide bonds. The first-order chi connectivity index (χ1) is 21.8. The van der Waals surface area contributed by atoms with Crippen molar-refractivity contribution in [2.45, 2.75) is 63.9 Å². The van der Waals surface area contributed by atoms with Gasteiger partial charge in [-0.1, -0.05) is 44.2 Å². The predicted molar refractivity (Wildman–Crippen MR) is 161 cm³/mol. The van der Waals surface area contributed by atoms with Crippen molar-refractivity contribution >= 4 is 36.8 Å². The number of anilines is 1. The molecule has 4 rings (SSSR count). The second-order valence-electron chi connectivity index (χ2n) is 11.2. The Morgan fingerprint density at radius 2 is 1.91 bits per heavy atom. The van der Waals surface area contributed by atoms with Crippen LogP contribution in [0.15, 0.2) is 36.7 Å². The average Bonchev–Trinajstić information content (AvgIpc) is 3.54. The first kappa shape index (κ1) is 35.2. The summed E-state index contributed by atoms with van der Waals surface area (Å²) in [6.07, 6.45) is -2.66. The Labute approximate surface area is 264 Å². The summed E-state index contributed by atoms with van der Waals surface area (Å²) in [4.78, 5) is 37.4. The van der Waals surface area contributed by atoms with E-state index in [0.717, 1.165) is 5.56 Å². The second kappa shape index (κ2) is 14.8. The molecule has 1 aliphatic rings. The minimum absolute atomic E-state index is 0.0433. The monoisotopic (exact) mass is 666 g/mol. The van der Waals surface area contributed by atoms with Crippen molar-refractivity contribution in [3.63, 3.8) is 0 Å². The fraction of sp³-hybridized carbons (Fsp3) is 0.536. The van der Waals surface area contributed by atoms with Gasteiger partial charge in [0.05, 0.1) is 27.2 Å². The SMILES string of the molecule is COC(=O)[C@H](CC(C)C)NP(=O)(OCC(=O)OCc1ccccc1)OC[C@H]1O[C@@H](n2cnc3c(OC)nc(N)nc32)[C@](C)(O)[C@@H]1O. The molecule has 3 heterocycles. The third kappa shape index (κ3) is 8.17. The zero-order valence-corrected chi connectivity index (χ0v) is 27.0. The Kier molecular flexibility index (Phi) is 11.3. The summed E-state index contributed by atoms with van der Waals surface area (Å²) in [5, 5.41) is 24.9. The van der Waals surface area contributed by atoms with Gasteiger partial charge in [0, 0.05) is 0 Å². The zero-order valence-electron chi connectivity index (χ0n) is 26.1. The van der Waals surface area contributed by atoms with E-state index in [4.69, 9.17) is 33.7 Å². The average molecular weight is 667 g/mol. The van der Waals surface area contributed by atoms with Crippen molar-refractivity contribution in [2.75, 3.05) is 33.2 Å². The summed E-state index contributed by atoms with van der Waals surface area (Å²) in [5.41, 5.74) is 4.97. The smallest absolute Gasteiger partial charge is 0.406 e. The maximum atomic E-state index is 14.0. The largest absolute Gasteiger partial charge is 0.479 e. The number of aliphatic hydroxyl groups is 2. The van der Waals surface area contributed by atoms with Gasteiger partial charge in [-0.3, -0.25) is 18.4 Å². The van der Waals surface area contributed by atoms with Crippen molar-refractivity contribution in [1.29, 1.82) is 0 Å². The topological polar surface area (TPSA) is 229 Å². The number of carbonyl (C=O) groups excluding carboxylic acids is 2. The summed E-state index contributed by atoms with van der Waals surface area (Å²) in [6.45, 7) is 3.53. The Morgan fingerprint density at radius 3 is 2.57 bits per heavy atom. The van der Waals surface area contributed by atoms with Crippen LogP contribution in [0.25, 0.3) is 11.2 Å². The maximum absolute atomic E-state index is 14.0. The highest BCUT2D eigenvalue weighted by atomic mass is 31.2. The van der Waals surface area contributed by atoms with Gasteiger partial charge in [-0.25, -0.2) is 19.4 Å². The molecule has 0 aliphatic carbocycles. The van der Waals surface area contributed by atoms with Gasteiger partial charge in [-0.15, -0.1) is 0 Å². The number of nitrogens with one attached hydrogen (secondary N) is 1. The molecule has 46 heavy (non-hydrogen) atoms. The molecular formula is C28H39N6O11P. The van der Waals surface area contributed by atoms with Gasteiger partial charge in [0.15, 0.2) is 24.0 Å². The number of hydrogen-bond acceptors (Lipinski definition) is 15. The molecule has 5 N–H and O–H groups in total. The molecule has 0 spiro atoms. The molecule has 3 aromatic rings. The fourth-order valence-corrected chi connectivity index (χ4v) is 6.24. The number of imidazole rings is 1. The van der Waals surface area contributed by atoms with Crippen molar-refractivity contribution < 1.29 is 52.4 Å². The number of nitrogens with two attached hydrogens (primary N) is 1. The van der Waals surface area contributed by atoms with E-state index >= 15 is 0 Å². The molecule has 252 valence electrons. The number of esters is 2. The van der Waals surface area contributed by atoms with Crippen LogP contribution in [0.4, 0.5) is 5.95 Å². The Bertz CT molecular complexity index is 1550. The van der Waals surface area contributed by atoms with Gasteiger partial charge in [0.1, 0.15) is 30.5 Å². The van der Waals surface area contributed by atoms with E-state index in [-0.39, 0.29) is 41.9 Å². The number of benzene rings is 1. The van der Waals surface area contributed by atoms with E-state index in [1.54, 1.807) is 24.3 Å². The van der Waals surface area contributed by atoms with Crippen LogP contribution < -0.4 is 15.6 Å². The number of aromatic nitrogens is 4. The van der Waals surface area contributed by atoms with Gasteiger partial charge in [0.2, 0.25) is 11.8 Å². The number of aliphatic hydroxyl groups excluding tert-OH is 1. The fourth-order valence-electron chi connectivity index (χ4n) is 4.81. The van der Waals surface area contributed by atoms with E-state index in [9.17, 15) is 24.4 Å². The minimum atomic E-state index is -4.50. The van der Waals surface area contributed by atoms with Crippen LogP contribution in [-0.2, 0) is 44.0 Å². The molecule has 0 bridgehead atoms. The molecule has 1 unspecified atom stereocenters. The molecule has 0 radical (unpaired) electrons. The number of rotatable bonds is 15. The van der Waals surface area contributed by atoms with Gasteiger partial charge < -0.3 is 34.9 Å². The van der Waals surface area contributed by atoms with Crippen LogP contribution in [0.5, 0.6) is 5.88 Å². The highest BCUT2D eigenvalue weighted by Crippen LogP contribution is 2.47. The van der Waals surface area contributed by atoms with E-state index in [1.165, 1.54) is 32.0 Å². The summed E-state index contributed by atoms with van der Waals surface area (Å²) in [5.74, 6) is -1.67. The molecule has 2 aromatic heterocycles. The molecule has 1 aliphatic heterocycles. The summed E-state index contributed by atoms with van der Waals surface area (Å²) in [6, 6.07) is 7.76. The number of fused-ring (bicyclic) bond motifs is 1. The van der Waals surface area contributed by atoms with Crippen LogP contribution >= 0.6 is 7.75 Å². The molecule has 1 saturated heterocycles. The van der Waals surface area contributed by atoms with Crippen molar-refractivity contribution in [1.82, 2.24) is 24.6 Å².